The van der Waals surface area contributed by atoms with Crippen molar-refractivity contribution >= 4 is 11.6 Å². The molecule has 96 valence electrons. The van der Waals surface area contributed by atoms with Crippen molar-refractivity contribution in [1.29, 1.82) is 0 Å². The van der Waals surface area contributed by atoms with Gasteiger partial charge in [-0.05, 0) is 49.8 Å². The maximum Gasteiger partial charge on any atom is 0.243 e. The highest BCUT2D eigenvalue weighted by Crippen LogP contribution is 2.25. The molecule has 18 heavy (non-hydrogen) atoms. The molecule has 1 aliphatic carbocycles. The van der Waals surface area contributed by atoms with Gasteiger partial charge in [0.2, 0.25) is 5.95 Å². The van der Waals surface area contributed by atoms with Crippen molar-refractivity contribution in [2.75, 3.05) is 11.9 Å². The molecule has 0 radical (unpaired) electrons. The Morgan fingerprint density at radius 1 is 1.50 bits per heavy atom. The van der Waals surface area contributed by atoms with Crippen molar-refractivity contribution < 1.29 is 5.11 Å². The predicted octanol–water partition coefficient (Wildman–Crippen LogP) is 1.61. The number of aromatic nitrogens is 3. The third-order valence-electron chi connectivity index (χ3n) is 3.56. The zero-order chi connectivity index (χ0) is 12.5. The van der Waals surface area contributed by atoms with Gasteiger partial charge in [-0.2, -0.15) is 4.98 Å². The molecule has 5 heteroatoms. The Morgan fingerprint density at radius 2 is 2.39 bits per heavy atom. The predicted molar refractivity (Wildman–Crippen MR) is 69.6 cm³/mol. The number of nitrogens with zero attached hydrogens (tertiary/aromatic N) is 3. The normalized spacial score (nSPS) is 23.7. The van der Waals surface area contributed by atoms with Crippen molar-refractivity contribution in [3.8, 4) is 0 Å². The van der Waals surface area contributed by atoms with Crippen LogP contribution in [0, 0.1) is 12.8 Å². The molecule has 0 aromatic carbocycles. The number of hydrogen-bond acceptors (Lipinski definition) is 4. The summed E-state index contributed by atoms with van der Waals surface area (Å²) in [6.45, 7) is 2.88. The first-order valence-corrected chi connectivity index (χ1v) is 6.45. The van der Waals surface area contributed by atoms with E-state index in [2.05, 4.69) is 15.4 Å². The molecule has 2 aromatic heterocycles. The molecular weight excluding hydrogens is 228 g/mol. The third-order valence-corrected chi connectivity index (χ3v) is 3.56. The quantitative estimate of drug-likeness (QED) is 0.863. The van der Waals surface area contributed by atoms with Gasteiger partial charge in [-0.3, -0.25) is 0 Å². The molecule has 1 fully saturated rings. The van der Waals surface area contributed by atoms with Gasteiger partial charge < -0.3 is 10.4 Å². The molecule has 3 rings (SSSR count). The zero-order valence-electron chi connectivity index (χ0n) is 10.5. The summed E-state index contributed by atoms with van der Waals surface area (Å²) in [5.41, 5.74) is 2.05. The molecular formula is C13H18N4O. The van der Waals surface area contributed by atoms with E-state index in [0.29, 0.717) is 11.9 Å². The number of aliphatic hydroxyl groups is 1. The van der Waals surface area contributed by atoms with E-state index in [9.17, 15) is 5.11 Å². The minimum absolute atomic E-state index is 0.117. The van der Waals surface area contributed by atoms with E-state index in [1.807, 2.05) is 25.3 Å². The highest BCUT2D eigenvalue weighted by Gasteiger charge is 2.22. The topological polar surface area (TPSA) is 62.5 Å². The van der Waals surface area contributed by atoms with Gasteiger partial charge in [0.05, 0.1) is 6.10 Å². The Kier molecular flexibility index (Phi) is 2.91. The van der Waals surface area contributed by atoms with E-state index in [0.717, 1.165) is 31.5 Å². The van der Waals surface area contributed by atoms with Gasteiger partial charge >= 0.3 is 0 Å². The van der Waals surface area contributed by atoms with Crippen LogP contribution in [-0.4, -0.2) is 32.4 Å². The van der Waals surface area contributed by atoms with Crippen LogP contribution in [0.5, 0.6) is 0 Å². The third kappa shape index (κ3) is 2.31. The van der Waals surface area contributed by atoms with Gasteiger partial charge in [-0.25, -0.2) is 4.52 Å². The number of nitrogens with one attached hydrogen (secondary N) is 1. The van der Waals surface area contributed by atoms with Crippen molar-refractivity contribution in [2.24, 2.45) is 5.92 Å². The van der Waals surface area contributed by atoms with E-state index in [1.165, 1.54) is 5.56 Å². The number of hydrogen-bond donors (Lipinski definition) is 2. The molecule has 2 atom stereocenters. The first kappa shape index (κ1) is 11.5. The van der Waals surface area contributed by atoms with Gasteiger partial charge in [-0.15, -0.1) is 5.10 Å². The zero-order valence-corrected chi connectivity index (χ0v) is 10.5. The van der Waals surface area contributed by atoms with Crippen LogP contribution in [0.25, 0.3) is 5.65 Å². The number of pyridine rings is 1. The monoisotopic (exact) mass is 246 g/mol. The molecule has 2 unspecified atom stereocenters. The molecule has 5 nitrogen and oxygen atoms in total. The maximum atomic E-state index is 9.48. The van der Waals surface area contributed by atoms with Crippen molar-refractivity contribution in [1.82, 2.24) is 14.6 Å². The second-order valence-corrected chi connectivity index (χ2v) is 5.16. The Morgan fingerprint density at radius 3 is 3.17 bits per heavy atom. The minimum atomic E-state index is -0.117. The standard InChI is InChI=1S/C13H18N4O/c1-9-4-5-17-12(6-9)15-13(16-17)14-8-10-2-3-11(18)7-10/h4-6,10-11,18H,2-3,7-8H2,1H3,(H,14,16). The molecule has 2 heterocycles. The fraction of sp³-hybridized carbons (Fsp3) is 0.538. The van der Waals surface area contributed by atoms with Crippen LogP contribution in [-0.2, 0) is 0 Å². The van der Waals surface area contributed by atoms with Crippen LogP contribution in [0.2, 0.25) is 0 Å². The number of anilines is 1. The average Bonchev–Trinajstić information content (AvgIpc) is 2.92. The molecule has 0 amide bonds. The lowest BCUT2D eigenvalue weighted by Gasteiger charge is -2.08. The van der Waals surface area contributed by atoms with Crippen LogP contribution in [0.3, 0.4) is 0 Å². The van der Waals surface area contributed by atoms with Gasteiger partial charge in [0.25, 0.3) is 0 Å². The number of aryl methyl sites for hydroxylation is 1. The average molecular weight is 246 g/mol. The van der Waals surface area contributed by atoms with Crippen LogP contribution < -0.4 is 5.32 Å². The van der Waals surface area contributed by atoms with Crippen LogP contribution in [0.4, 0.5) is 5.95 Å². The fourth-order valence-electron chi connectivity index (χ4n) is 2.53. The molecule has 1 saturated carbocycles. The van der Waals surface area contributed by atoms with Crippen LogP contribution in [0.1, 0.15) is 24.8 Å². The summed E-state index contributed by atoms with van der Waals surface area (Å²) >= 11 is 0. The summed E-state index contributed by atoms with van der Waals surface area (Å²) < 4.78 is 1.78. The van der Waals surface area contributed by atoms with E-state index in [1.54, 1.807) is 4.52 Å². The first-order chi connectivity index (χ1) is 8.70. The SMILES string of the molecule is Cc1ccn2nc(NCC3CCC(O)C3)nc2c1. The van der Waals surface area contributed by atoms with E-state index >= 15 is 0 Å². The first-order valence-electron chi connectivity index (χ1n) is 6.45. The van der Waals surface area contributed by atoms with Crippen LogP contribution in [0.15, 0.2) is 18.3 Å². The highest BCUT2D eigenvalue weighted by molar-refractivity contribution is 5.45. The Labute approximate surface area is 106 Å². The van der Waals surface area contributed by atoms with E-state index in [4.69, 9.17) is 0 Å². The summed E-state index contributed by atoms with van der Waals surface area (Å²) in [6.07, 6.45) is 4.69. The lowest BCUT2D eigenvalue weighted by atomic mass is 10.1. The van der Waals surface area contributed by atoms with Crippen molar-refractivity contribution in [2.45, 2.75) is 32.3 Å². The molecule has 2 N–H and O–H groups in total. The number of fused-ring (bicyclic) bond motifs is 1. The van der Waals surface area contributed by atoms with Gasteiger partial charge in [0.15, 0.2) is 5.65 Å². The Hall–Kier alpha value is -1.62. The Balaban J connectivity index is 1.67. The summed E-state index contributed by atoms with van der Waals surface area (Å²) in [7, 11) is 0. The van der Waals surface area contributed by atoms with E-state index in [-0.39, 0.29) is 6.10 Å². The molecule has 0 bridgehead atoms. The number of aliphatic hydroxyl groups excluding tert-OH is 1. The lowest BCUT2D eigenvalue weighted by molar-refractivity contribution is 0.178. The number of rotatable bonds is 3. The lowest BCUT2D eigenvalue weighted by Crippen LogP contribution is -2.13. The second-order valence-electron chi connectivity index (χ2n) is 5.16. The summed E-state index contributed by atoms with van der Waals surface area (Å²) in [4.78, 5) is 4.43. The fourth-order valence-corrected chi connectivity index (χ4v) is 2.53. The van der Waals surface area contributed by atoms with Gasteiger partial charge in [0.1, 0.15) is 0 Å². The van der Waals surface area contributed by atoms with Crippen molar-refractivity contribution in [3.63, 3.8) is 0 Å². The molecule has 1 aliphatic rings. The van der Waals surface area contributed by atoms with Crippen LogP contribution >= 0.6 is 0 Å². The maximum absolute atomic E-state index is 9.48. The van der Waals surface area contributed by atoms with Crippen molar-refractivity contribution in [3.05, 3.63) is 23.9 Å². The molecule has 2 aromatic rings. The molecule has 0 aliphatic heterocycles. The summed E-state index contributed by atoms with van der Waals surface area (Å²) in [5.74, 6) is 1.20. The van der Waals surface area contributed by atoms with Gasteiger partial charge in [0, 0.05) is 12.7 Å². The summed E-state index contributed by atoms with van der Waals surface area (Å²) in [5, 5.41) is 17.1. The summed E-state index contributed by atoms with van der Waals surface area (Å²) in [6, 6.07) is 4.02. The highest BCUT2D eigenvalue weighted by atomic mass is 16.3. The molecule has 0 spiro atoms. The molecule has 0 saturated heterocycles. The Bertz CT molecular complexity index is 551. The van der Waals surface area contributed by atoms with Gasteiger partial charge in [-0.1, -0.05) is 0 Å². The largest absolute Gasteiger partial charge is 0.393 e. The van der Waals surface area contributed by atoms with E-state index < -0.39 is 0 Å². The second kappa shape index (κ2) is 4.57. The smallest absolute Gasteiger partial charge is 0.243 e. The minimum Gasteiger partial charge on any atom is -0.393 e.